The number of nitrogens with one attached hydrogen (secondary N) is 1. The van der Waals surface area contributed by atoms with Crippen molar-refractivity contribution in [1.82, 2.24) is 20.0 Å². The van der Waals surface area contributed by atoms with Gasteiger partial charge in [0.1, 0.15) is 11.5 Å². The van der Waals surface area contributed by atoms with Gasteiger partial charge < -0.3 is 24.6 Å². The van der Waals surface area contributed by atoms with Crippen LogP contribution in [0, 0.1) is 0 Å². The number of rotatable bonds is 5. The number of hydrogen-bond acceptors (Lipinski definition) is 6. The number of methoxy groups -OCH3 is 2. The van der Waals surface area contributed by atoms with Crippen molar-refractivity contribution in [2.24, 2.45) is 0 Å². The first-order valence-electron chi connectivity index (χ1n) is 13.0. The van der Waals surface area contributed by atoms with Gasteiger partial charge >= 0.3 is 12.2 Å². The summed E-state index contributed by atoms with van der Waals surface area (Å²) in [6.07, 6.45) is -2.97. The Labute approximate surface area is 229 Å². The van der Waals surface area contributed by atoms with Crippen LogP contribution in [0.3, 0.4) is 0 Å². The van der Waals surface area contributed by atoms with E-state index in [0.29, 0.717) is 79.4 Å². The molecular weight excluding hydrogens is 527 g/mol. The van der Waals surface area contributed by atoms with Gasteiger partial charge in [0.05, 0.1) is 31.2 Å². The largest absolute Gasteiger partial charge is 0.497 e. The maximum atomic E-state index is 14.3. The first kappa shape index (κ1) is 27.4. The van der Waals surface area contributed by atoms with Gasteiger partial charge in [-0.15, -0.1) is 0 Å². The van der Waals surface area contributed by atoms with Crippen molar-refractivity contribution in [2.75, 3.05) is 52.3 Å². The summed E-state index contributed by atoms with van der Waals surface area (Å²) < 4.78 is 54.5. The lowest BCUT2D eigenvalue weighted by atomic mass is 10.0. The van der Waals surface area contributed by atoms with Crippen LogP contribution in [0.4, 0.5) is 23.7 Å². The van der Waals surface area contributed by atoms with E-state index < -0.39 is 17.3 Å². The summed E-state index contributed by atoms with van der Waals surface area (Å²) in [6, 6.07) is 8.69. The van der Waals surface area contributed by atoms with Gasteiger partial charge in [-0.2, -0.15) is 23.0 Å². The first-order chi connectivity index (χ1) is 19.1. The zero-order valence-corrected chi connectivity index (χ0v) is 22.5. The van der Waals surface area contributed by atoms with E-state index >= 15 is 0 Å². The molecule has 1 fully saturated rings. The summed E-state index contributed by atoms with van der Waals surface area (Å²) >= 11 is 0. The van der Waals surface area contributed by atoms with E-state index in [1.165, 1.54) is 26.4 Å². The number of amides is 2. The van der Waals surface area contributed by atoms with Gasteiger partial charge in [0, 0.05) is 56.1 Å². The Balaban J connectivity index is 1.65. The molecule has 5 rings (SSSR count). The van der Waals surface area contributed by atoms with Crippen molar-refractivity contribution in [3.05, 3.63) is 63.4 Å². The Morgan fingerprint density at radius 1 is 0.950 bits per heavy atom. The predicted octanol–water partition coefficient (Wildman–Crippen LogP) is 3.89. The molecule has 2 amide bonds. The van der Waals surface area contributed by atoms with E-state index in [1.807, 2.05) is 4.90 Å². The number of halogens is 3. The van der Waals surface area contributed by atoms with Crippen LogP contribution in [0.1, 0.15) is 23.1 Å². The average Bonchev–Trinajstić information content (AvgIpc) is 3.46. The van der Waals surface area contributed by atoms with Gasteiger partial charge in [0.25, 0.3) is 5.56 Å². The summed E-state index contributed by atoms with van der Waals surface area (Å²) in [5, 5.41) is 7.14. The van der Waals surface area contributed by atoms with Gasteiger partial charge in [-0.25, -0.2) is 4.79 Å². The van der Waals surface area contributed by atoms with Crippen LogP contribution >= 0.6 is 0 Å². The lowest BCUT2D eigenvalue weighted by Crippen LogP contribution is -2.51. The zero-order chi connectivity index (χ0) is 28.6. The number of carbonyl (C=O) groups is 1. The second kappa shape index (κ2) is 10.7. The summed E-state index contributed by atoms with van der Waals surface area (Å²) in [6.45, 7) is 1.68. The molecule has 212 valence electrons. The molecule has 9 nitrogen and oxygen atoms in total. The molecule has 3 aromatic rings. The minimum absolute atomic E-state index is 0.205. The minimum atomic E-state index is -4.72. The molecule has 2 aromatic carbocycles. The maximum Gasteiger partial charge on any atom is 0.418 e. The number of hydrogen-bond donors (Lipinski definition) is 1. The Kier molecular flexibility index (Phi) is 7.35. The predicted molar refractivity (Wildman–Crippen MR) is 144 cm³/mol. The number of aromatic nitrogens is 2. The molecule has 1 N–H and O–H groups in total. The lowest BCUT2D eigenvalue weighted by Gasteiger charge is -2.36. The molecule has 0 saturated carbocycles. The fourth-order valence-electron chi connectivity index (χ4n) is 5.37. The molecule has 0 spiro atoms. The number of fused-ring (bicyclic) bond motifs is 1. The monoisotopic (exact) mass is 557 g/mol. The van der Waals surface area contributed by atoms with Crippen LogP contribution in [0.15, 0.2) is 41.2 Å². The number of piperazine rings is 1. The standard InChI is InChI=1S/C28H30F3N5O4/c1-32-27(38)35-11-9-34(10-12-35)18-7-8-23(28(29,30)31)24(15-18)36-26(37)22-6-4-5-21(22)25(33-36)17-13-19(39-2)16-20(14-17)40-3/h7-8,13-16H,4-6,9-12H2,1-3H3,(H,32,38). The van der Waals surface area contributed by atoms with Gasteiger partial charge in [-0.05, 0) is 55.2 Å². The molecule has 0 unspecified atom stereocenters. The quantitative estimate of drug-likeness (QED) is 0.512. The second-order valence-electron chi connectivity index (χ2n) is 9.71. The summed E-state index contributed by atoms with van der Waals surface area (Å²) in [4.78, 5) is 29.1. The smallest absolute Gasteiger partial charge is 0.418 e. The third-order valence-electron chi connectivity index (χ3n) is 7.44. The average molecular weight is 558 g/mol. The van der Waals surface area contributed by atoms with E-state index in [-0.39, 0.29) is 11.7 Å². The number of alkyl halides is 3. The Hall–Kier alpha value is -4.22. The first-order valence-corrected chi connectivity index (χ1v) is 13.0. The molecule has 0 bridgehead atoms. The molecule has 1 aliphatic heterocycles. The van der Waals surface area contributed by atoms with Crippen LogP contribution in [-0.2, 0) is 19.0 Å². The molecule has 1 aromatic heterocycles. The van der Waals surface area contributed by atoms with Crippen molar-refractivity contribution >= 4 is 11.7 Å². The Morgan fingerprint density at radius 3 is 2.20 bits per heavy atom. The highest BCUT2D eigenvalue weighted by atomic mass is 19.4. The van der Waals surface area contributed by atoms with Gasteiger partial charge in [-0.1, -0.05) is 0 Å². The SMILES string of the molecule is CNC(=O)N1CCN(c2ccc(C(F)(F)F)c(-n3nc(-c4cc(OC)cc(OC)c4)c4c(c3=O)CCC4)c2)CC1. The Bertz CT molecular complexity index is 1470. The van der Waals surface area contributed by atoms with E-state index in [2.05, 4.69) is 10.4 Å². The highest BCUT2D eigenvalue weighted by molar-refractivity contribution is 5.74. The molecule has 1 saturated heterocycles. The maximum absolute atomic E-state index is 14.3. The third-order valence-corrected chi connectivity index (χ3v) is 7.44. The van der Waals surface area contributed by atoms with Crippen LogP contribution in [0.25, 0.3) is 16.9 Å². The number of nitrogens with zero attached hydrogens (tertiary/aromatic N) is 4. The van der Waals surface area contributed by atoms with Crippen molar-refractivity contribution in [2.45, 2.75) is 25.4 Å². The third kappa shape index (κ3) is 5.05. The molecule has 12 heteroatoms. The van der Waals surface area contributed by atoms with Crippen molar-refractivity contribution in [1.29, 1.82) is 0 Å². The summed E-state index contributed by atoms with van der Waals surface area (Å²) in [5.74, 6) is 0.990. The van der Waals surface area contributed by atoms with Crippen molar-refractivity contribution in [3.8, 4) is 28.4 Å². The van der Waals surface area contributed by atoms with Crippen LogP contribution in [-0.4, -0.2) is 68.2 Å². The Morgan fingerprint density at radius 2 is 1.60 bits per heavy atom. The van der Waals surface area contributed by atoms with Crippen molar-refractivity contribution in [3.63, 3.8) is 0 Å². The molecule has 2 heterocycles. The molecule has 0 radical (unpaired) electrons. The van der Waals surface area contributed by atoms with Gasteiger partial charge in [0.2, 0.25) is 0 Å². The van der Waals surface area contributed by atoms with Crippen LogP contribution in [0.5, 0.6) is 11.5 Å². The van der Waals surface area contributed by atoms with Gasteiger partial charge in [0.15, 0.2) is 0 Å². The molecule has 0 atom stereocenters. The normalized spacial score (nSPS) is 15.2. The summed E-state index contributed by atoms with van der Waals surface area (Å²) in [7, 11) is 4.56. The number of benzene rings is 2. The number of carbonyl (C=O) groups excluding carboxylic acids is 1. The molecule has 2 aliphatic rings. The van der Waals surface area contributed by atoms with Crippen LogP contribution < -0.4 is 25.2 Å². The lowest BCUT2D eigenvalue weighted by molar-refractivity contribution is -0.137. The minimum Gasteiger partial charge on any atom is -0.497 e. The fraction of sp³-hybridized carbons (Fsp3) is 0.393. The second-order valence-corrected chi connectivity index (χ2v) is 9.71. The van der Waals surface area contributed by atoms with Gasteiger partial charge in [-0.3, -0.25) is 4.79 Å². The van der Waals surface area contributed by atoms with Crippen molar-refractivity contribution < 1.29 is 27.4 Å². The summed E-state index contributed by atoms with van der Waals surface area (Å²) in [5.41, 5.74) is 0.851. The van der Waals surface area contributed by atoms with Crippen LogP contribution in [0.2, 0.25) is 0 Å². The van der Waals surface area contributed by atoms with E-state index in [9.17, 15) is 22.8 Å². The molecule has 40 heavy (non-hydrogen) atoms. The zero-order valence-electron chi connectivity index (χ0n) is 22.5. The topological polar surface area (TPSA) is 88.9 Å². The molecular formula is C28H30F3N5O4. The highest BCUT2D eigenvalue weighted by Crippen LogP contribution is 2.38. The number of anilines is 1. The van der Waals surface area contributed by atoms with E-state index in [1.54, 1.807) is 30.1 Å². The molecule has 1 aliphatic carbocycles. The van der Waals surface area contributed by atoms with E-state index in [0.717, 1.165) is 16.3 Å². The number of urea groups is 1. The number of ether oxygens (including phenoxy) is 2. The highest BCUT2D eigenvalue weighted by Gasteiger charge is 2.36. The van der Waals surface area contributed by atoms with E-state index in [4.69, 9.17) is 9.47 Å². The fourth-order valence-corrected chi connectivity index (χ4v) is 5.37.